The minimum Gasteiger partial charge on any atom is -0.386 e. The molecule has 0 heterocycles. The first-order valence-corrected chi connectivity index (χ1v) is 4.88. The highest BCUT2D eigenvalue weighted by Crippen LogP contribution is 2.22. The number of hydrogen-bond acceptors (Lipinski definition) is 1. The van der Waals surface area contributed by atoms with Crippen LogP contribution in [-0.2, 0) is 0 Å². The van der Waals surface area contributed by atoms with Gasteiger partial charge < -0.3 is 5.73 Å². The molecular weight excluding hydrogens is 138 g/mol. The van der Waals surface area contributed by atoms with E-state index in [0.29, 0.717) is 0 Å². The zero-order valence-electron chi connectivity index (χ0n) is 5.35. The van der Waals surface area contributed by atoms with Gasteiger partial charge in [-0.15, -0.1) is 0 Å². The van der Waals surface area contributed by atoms with Gasteiger partial charge in [0.2, 0.25) is 0 Å². The van der Waals surface area contributed by atoms with Gasteiger partial charge in [0.15, 0.2) is 0 Å². The summed E-state index contributed by atoms with van der Waals surface area (Å²) < 4.78 is 0.727. The van der Waals surface area contributed by atoms with E-state index >= 15 is 0 Å². The van der Waals surface area contributed by atoms with E-state index in [0.717, 1.165) is 15.8 Å². The zero-order valence-corrected chi connectivity index (χ0v) is 7.06. The monoisotopic (exact) mass is 151 g/mol. The van der Waals surface area contributed by atoms with Crippen molar-refractivity contribution in [3.05, 3.63) is 0 Å². The third-order valence-electron chi connectivity index (χ3n) is 1.08. The Bertz CT molecular complexity index is 78.5. The van der Waals surface area contributed by atoms with Crippen LogP contribution in [0.3, 0.4) is 0 Å². The van der Waals surface area contributed by atoms with Gasteiger partial charge >= 0.3 is 0 Å². The van der Waals surface area contributed by atoms with Gasteiger partial charge in [-0.25, -0.2) is 10.9 Å². The molecule has 0 atom stereocenters. The Kier molecular flexibility index (Phi) is 4.28. The highest BCUT2D eigenvalue weighted by Gasteiger charge is 1.97. The average Bonchev–Trinajstić information content (AvgIpc) is 1.69. The quantitative estimate of drug-likeness (QED) is 0.459. The van der Waals surface area contributed by atoms with Crippen molar-refractivity contribution in [2.75, 3.05) is 11.5 Å². The Hall–Kier alpha value is 0.240. The lowest BCUT2D eigenvalue weighted by Gasteiger charge is -2.13. The molecule has 1 nitrogen and oxygen atoms in total. The van der Waals surface area contributed by atoms with E-state index in [4.69, 9.17) is 18.0 Å². The van der Waals surface area contributed by atoms with Crippen LogP contribution in [0.15, 0.2) is 0 Å². The normalized spacial score (nSPS) is 11.0. The van der Waals surface area contributed by atoms with Crippen LogP contribution in [0.1, 0.15) is 13.8 Å². The average molecular weight is 151 g/mol. The van der Waals surface area contributed by atoms with E-state index in [1.165, 1.54) is 0 Å². The van der Waals surface area contributed by atoms with Gasteiger partial charge in [0, 0.05) is 0 Å². The molecular formula is C5H13NS2. The minimum absolute atomic E-state index is 0.106. The van der Waals surface area contributed by atoms with E-state index in [1.54, 1.807) is 0 Å². The second-order valence-electron chi connectivity index (χ2n) is 1.51. The molecule has 0 amide bonds. The van der Waals surface area contributed by atoms with Gasteiger partial charge in [0.25, 0.3) is 0 Å². The summed E-state index contributed by atoms with van der Waals surface area (Å²) in [6, 6.07) is 0. The molecule has 0 spiro atoms. The number of nitrogens with two attached hydrogens (primary N) is 1. The molecule has 0 rings (SSSR count). The molecule has 0 aliphatic rings. The van der Waals surface area contributed by atoms with Gasteiger partial charge in [0.05, 0.1) is 0 Å². The van der Waals surface area contributed by atoms with Crippen molar-refractivity contribution < 1.29 is 0 Å². The van der Waals surface area contributed by atoms with Crippen molar-refractivity contribution in [1.29, 1.82) is 0 Å². The molecule has 8 heavy (non-hydrogen) atoms. The van der Waals surface area contributed by atoms with Crippen LogP contribution in [0, 0.1) is 0 Å². The van der Waals surface area contributed by atoms with E-state index in [-0.39, 0.29) is 10.9 Å². The molecule has 0 fully saturated rings. The second kappa shape index (κ2) is 4.15. The maximum Gasteiger partial charge on any atom is 0.111 e. The Morgan fingerprint density at radius 2 is 1.88 bits per heavy atom. The summed E-state index contributed by atoms with van der Waals surface area (Å²) in [4.78, 5) is 0. The predicted molar refractivity (Wildman–Crippen MR) is 46.9 cm³/mol. The van der Waals surface area contributed by atoms with Crippen LogP contribution in [0.4, 0.5) is 0 Å². The standard InChI is InChI=1S/C5H13NS2/c1-3-8(4-2)5(6)7/h8H,3-4H2,1-2H3,(H2,6,7). The van der Waals surface area contributed by atoms with Crippen molar-refractivity contribution in [2.45, 2.75) is 13.8 Å². The predicted octanol–water partition coefficient (Wildman–Crippen LogP) is 1.27. The van der Waals surface area contributed by atoms with Gasteiger partial charge in [-0.3, -0.25) is 0 Å². The third kappa shape index (κ3) is 2.52. The summed E-state index contributed by atoms with van der Waals surface area (Å²) in [6.07, 6.45) is 0. The topological polar surface area (TPSA) is 26.0 Å². The molecule has 0 aromatic heterocycles. The van der Waals surface area contributed by atoms with E-state index < -0.39 is 0 Å². The van der Waals surface area contributed by atoms with Crippen molar-refractivity contribution >= 4 is 27.4 Å². The maximum atomic E-state index is 5.42. The molecule has 2 N–H and O–H groups in total. The molecule has 0 unspecified atom stereocenters. The summed E-state index contributed by atoms with van der Waals surface area (Å²) in [5.41, 5.74) is 5.42. The van der Waals surface area contributed by atoms with Gasteiger partial charge in [0.1, 0.15) is 4.32 Å². The van der Waals surface area contributed by atoms with Crippen LogP contribution < -0.4 is 5.73 Å². The first kappa shape index (κ1) is 8.24. The van der Waals surface area contributed by atoms with E-state index in [9.17, 15) is 0 Å². The van der Waals surface area contributed by atoms with Gasteiger partial charge in [-0.2, -0.15) is 0 Å². The molecule has 0 aliphatic carbocycles. The largest absolute Gasteiger partial charge is 0.386 e. The first-order valence-electron chi connectivity index (χ1n) is 2.76. The van der Waals surface area contributed by atoms with E-state index in [1.807, 2.05) is 0 Å². The lowest BCUT2D eigenvalue weighted by Crippen LogP contribution is -2.10. The molecule has 0 bridgehead atoms. The lowest BCUT2D eigenvalue weighted by molar-refractivity contribution is 1.45. The van der Waals surface area contributed by atoms with Gasteiger partial charge in [-0.1, -0.05) is 26.1 Å². The molecule has 0 saturated heterocycles. The molecule has 0 radical (unpaired) electrons. The summed E-state index contributed by atoms with van der Waals surface area (Å²) in [5, 5.41) is 0. The van der Waals surface area contributed by atoms with Crippen LogP contribution in [0.5, 0.6) is 0 Å². The first-order chi connectivity index (χ1) is 3.72. The summed E-state index contributed by atoms with van der Waals surface area (Å²) in [6.45, 7) is 4.27. The Morgan fingerprint density at radius 1 is 1.50 bits per heavy atom. The fourth-order valence-corrected chi connectivity index (χ4v) is 2.38. The second-order valence-corrected chi connectivity index (χ2v) is 5.08. The van der Waals surface area contributed by atoms with Crippen LogP contribution in [-0.4, -0.2) is 15.8 Å². The molecule has 3 heteroatoms. The van der Waals surface area contributed by atoms with Crippen LogP contribution in [0.25, 0.3) is 0 Å². The number of hydrogen-bond donors (Lipinski definition) is 2. The Labute approximate surface area is 59.0 Å². The fraction of sp³-hybridized carbons (Fsp3) is 0.800. The maximum absolute atomic E-state index is 5.42. The van der Waals surface area contributed by atoms with Gasteiger partial charge in [-0.05, 0) is 11.5 Å². The van der Waals surface area contributed by atoms with Crippen molar-refractivity contribution in [3.8, 4) is 0 Å². The minimum atomic E-state index is -0.106. The molecule has 0 aromatic rings. The summed E-state index contributed by atoms with van der Waals surface area (Å²) in [5.74, 6) is 2.28. The smallest absolute Gasteiger partial charge is 0.111 e. The zero-order chi connectivity index (χ0) is 6.57. The molecule has 50 valence electrons. The number of thiol groups is 1. The molecule has 0 saturated carbocycles. The van der Waals surface area contributed by atoms with Crippen LogP contribution >= 0.6 is 23.1 Å². The van der Waals surface area contributed by atoms with Crippen molar-refractivity contribution in [2.24, 2.45) is 5.73 Å². The van der Waals surface area contributed by atoms with Crippen molar-refractivity contribution in [1.82, 2.24) is 0 Å². The highest BCUT2D eigenvalue weighted by molar-refractivity contribution is 8.36. The number of rotatable bonds is 2. The van der Waals surface area contributed by atoms with E-state index in [2.05, 4.69) is 13.8 Å². The molecule has 0 aliphatic heterocycles. The summed E-state index contributed by atoms with van der Waals surface area (Å²) >= 11 is 4.82. The third-order valence-corrected chi connectivity index (χ3v) is 4.00. The summed E-state index contributed by atoms with van der Waals surface area (Å²) in [7, 11) is -0.106. The Morgan fingerprint density at radius 3 is 1.88 bits per heavy atom. The number of thiocarbonyl (C=S) groups is 1. The van der Waals surface area contributed by atoms with Crippen molar-refractivity contribution in [3.63, 3.8) is 0 Å². The SMILES string of the molecule is CC[SH](CC)C(N)=S. The highest BCUT2D eigenvalue weighted by atomic mass is 32.2. The lowest BCUT2D eigenvalue weighted by atomic mass is 11.0. The molecule has 0 aromatic carbocycles. The van der Waals surface area contributed by atoms with Crippen LogP contribution in [0.2, 0.25) is 0 Å². The fourth-order valence-electron chi connectivity index (χ4n) is 0.535. The Balaban J connectivity index is 3.52.